The average Bonchev–Trinajstić information content (AvgIpc) is 1.97. The van der Waals surface area contributed by atoms with E-state index in [1.165, 1.54) is 18.9 Å². The first-order valence-electron chi connectivity index (χ1n) is 5.41. The van der Waals surface area contributed by atoms with Gasteiger partial charge in [-0.2, -0.15) is 0 Å². The molecule has 0 radical (unpaired) electrons. The summed E-state index contributed by atoms with van der Waals surface area (Å²) in [5, 5.41) is 0. The maximum atomic E-state index is 6.03. The van der Waals surface area contributed by atoms with Gasteiger partial charge < -0.3 is 4.43 Å². The molecule has 0 N–H and O–H groups in total. The molecule has 0 atom stereocenters. The standard InChI is InChI=1S/C11H26OSi/c1-7-8-9-13(5,6)12-10-11(2,3)4/h7-10H2,1-6H3. The van der Waals surface area contributed by atoms with Gasteiger partial charge in [0.05, 0.1) is 0 Å². The summed E-state index contributed by atoms with van der Waals surface area (Å²) in [4.78, 5) is 0. The molecule has 0 bridgehead atoms. The molecule has 13 heavy (non-hydrogen) atoms. The number of hydrogen-bond acceptors (Lipinski definition) is 1. The fraction of sp³-hybridized carbons (Fsp3) is 1.00. The number of rotatable bonds is 5. The van der Waals surface area contributed by atoms with Crippen LogP contribution < -0.4 is 0 Å². The number of hydrogen-bond donors (Lipinski definition) is 0. The van der Waals surface area contributed by atoms with Crippen molar-refractivity contribution in [1.29, 1.82) is 0 Å². The fourth-order valence-electron chi connectivity index (χ4n) is 1.09. The van der Waals surface area contributed by atoms with E-state index in [2.05, 4.69) is 40.8 Å². The van der Waals surface area contributed by atoms with Gasteiger partial charge in [-0.15, -0.1) is 0 Å². The highest BCUT2D eigenvalue weighted by molar-refractivity contribution is 6.71. The lowest BCUT2D eigenvalue weighted by Gasteiger charge is -2.28. The van der Waals surface area contributed by atoms with Crippen molar-refractivity contribution in [1.82, 2.24) is 0 Å². The van der Waals surface area contributed by atoms with Gasteiger partial charge in [-0.3, -0.25) is 0 Å². The van der Waals surface area contributed by atoms with Crippen molar-refractivity contribution >= 4 is 8.32 Å². The second-order valence-electron chi connectivity index (χ2n) is 5.71. The van der Waals surface area contributed by atoms with Crippen LogP contribution in [-0.2, 0) is 4.43 Å². The minimum absolute atomic E-state index is 0.316. The normalized spacial score (nSPS) is 13.4. The Hall–Kier alpha value is 0.177. The van der Waals surface area contributed by atoms with Crippen molar-refractivity contribution in [2.75, 3.05) is 6.61 Å². The van der Waals surface area contributed by atoms with Crippen LogP contribution in [0.1, 0.15) is 40.5 Å². The SMILES string of the molecule is CCCC[Si](C)(C)OCC(C)(C)C. The lowest BCUT2D eigenvalue weighted by atomic mass is 9.99. The third-order valence-electron chi connectivity index (χ3n) is 2.03. The Balaban J connectivity index is 3.75. The molecule has 2 heteroatoms. The van der Waals surface area contributed by atoms with Gasteiger partial charge in [0.25, 0.3) is 0 Å². The lowest BCUT2D eigenvalue weighted by Crippen LogP contribution is -2.33. The van der Waals surface area contributed by atoms with Gasteiger partial charge >= 0.3 is 0 Å². The molecule has 0 aromatic rings. The van der Waals surface area contributed by atoms with Gasteiger partial charge in [0.1, 0.15) is 0 Å². The van der Waals surface area contributed by atoms with E-state index in [1.54, 1.807) is 0 Å². The topological polar surface area (TPSA) is 9.23 Å². The first-order valence-corrected chi connectivity index (χ1v) is 8.52. The van der Waals surface area contributed by atoms with E-state index in [1.807, 2.05) is 0 Å². The molecule has 0 heterocycles. The van der Waals surface area contributed by atoms with E-state index in [0.29, 0.717) is 5.41 Å². The molecule has 0 unspecified atom stereocenters. The molecule has 0 amide bonds. The van der Waals surface area contributed by atoms with E-state index in [-0.39, 0.29) is 0 Å². The molecule has 0 fully saturated rings. The van der Waals surface area contributed by atoms with E-state index in [9.17, 15) is 0 Å². The van der Waals surface area contributed by atoms with Crippen molar-refractivity contribution in [3.63, 3.8) is 0 Å². The summed E-state index contributed by atoms with van der Waals surface area (Å²) >= 11 is 0. The molecular weight excluding hydrogens is 176 g/mol. The monoisotopic (exact) mass is 202 g/mol. The van der Waals surface area contributed by atoms with Crippen molar-refractivity contribution in [2.24, 2.45) is 5.41 Å². The van der Waals surface area contributed by atoms with Crippen LogP contribution in [0.2, 0.25) is 19.1 Å². The van der Waals surface area contributed by atoms with Gasteiger partial charge in [0, 0.05) is 6.61 Å². The first-order chi connectivity index (χ1) is 5.77. The molecule has 0 aliphatic heterocycles. The Morgan fingerprint density at radius 3 is 2.08 bits per heavy atom. The number of unbranched alkanes of at least 4 members (excludes halogenated alkanes) is 1. The van der Waals surface area contributed by atoms with E-state index in [4.69, 9.17) is 4.43 Å². The first kappa shape index (κ1) is 13.2. The second-order valence-corrected chi connectivity index (χ2v) is 10.0. The van der Waals surface area contributed by atoms with E-state index >= 15 is 0 Å². The molecule has 0 spiro atoms. The van der Waals surface area contributed by atoms with Crippen LogP contribution in [0.5, 0.6) is 0 Å². The second kappa shape index (κ2) is 5.16. The summed E-state index contributed by atoms with van der Waals surface area (Å²) in [7, 11) is -1.33. The molecule has 0 rings (SSSR count). The van der Waals surface area contributed by atoms with Crippen molar-refractivity contribution in [3.8, 4) is 0 Å². The molecular formula is C11H26OSi. The van der Waals surface area contributed by atoms with Gasteiger partial charge in [-0.05, 0) is 24.6 Å². The van der Waals surface area contributed by atoms with Crippen molar-refractivity contribution in [2.45, 2.75) is 59.7 Å². The lowest BCUT2D eigenvalue weighted by molar-refractivity contribution is 0.189. The van der Waals surface area contributed by atoms with Crippen molar-refractivity contribution in [3.05, 3.63) is 0 Å². The van der Waals surface area contributed by atoms with E-state index < -0.39 is 8.32 Å². The van der Waals surface area contributed by atoms with Gasteiger partial charge in [0.2, 0.25) is 0 Å². The summed E-state index contributed by atoms with van der Waals surface area (Å²) in [6.07, 6.45) is 2.61. The molecule has 0 saturated carbocycles. The molecule has 0 aromatic heterocycles. The highest BCUT2D eigenvalue weighted by Crippen LogP contribution is 2.20. The molecule has 1 nitrogen and oxygen atoms in total. The summed E-state index contributed by atoms with van der Waals surface area (Å²) in [6.45, 7) is 14.5. The van der Waals surface area contributed by atoms with Gasteiger partial charge in [-0.25, -0.2) is 0 Å². The summed E-state index contributed by atoms with van der Waals surface area (Å²) in [5.74, 6) is 0. The average molecular weight is 202 g/mol. The Morgan fingerprint density at radius 2 is 1.69 bits per heavy atom. The van der Waals surface area contributed by atoms with Gasteiger partial charge in [-0.1, -0.05) is 40.5 Å². The minimum Gasteiger partial charge on any atom is -0.417 e. The molecule has 0 aromatic carbocycles. The molecule has 0 saturated heterocycles. The minimum atomic E-state index is -1.33. The summed E-state index contributed by atoms with van der Waals surface area (Å²) in [6, 6.07) is 1.31. The third-order valence-corrected chi connectivity index (χ3v) is 4.51. The van der Waals surface area contributed by atoms with Crippen LogP contribution in [0.4, 0.5) is 0 Å². The van der Waals surface area contributed by atoms with Crippen LogP contribution in [0.15, 0.2) is 0 Å². The molecule has 0 aliphatic carbocycles. The Morgan fingerprint density at radius 1 is 1.15 bits per heavy atom. The third kappa shape index (κ3) is 8.51. The highest BCUT2D eigenvalue weighted by atomic mass is 28.4. The Bertz CT molecular complexity index is 136. The predicted molar refractivity (Wildman–Crippen MR) is 62.6 cm³/mol. The largest absolute Gasteiger partial charge is 0.417 e. The van der Waals surface area contributed by atoms with Crippen molar-refractivity contribution < 1.29 is 4.43 Å². The quantitative estimate of drug-likeness (QED) is 0.611. The fourth-order valence-corrected chi connectivity index (χ4v) is 3.26. The van der Waals surface area contributed by atoms with E-state index in [0.717, 1.165) is 6.61 Å². The zero-order chi connectivity index (χ0) is 10.5. The Labute approximate surface area is 85.0 Å². The predicted octanol–water partition coefficient (Wildman–Crippen LogP) is 4.05. The highest BCUT2D eigenvalue weighted by Gasteiger charge is 2.24. The molecule has 0 aliphatic rings. The summed E-state index contributed by atoms with van der Waals surface area (Å²) in [5.41, 5.74) is 0.316. The zero-order valence-electron chi connectivity index (χ0n) is 10.2. The van der Waals surface area contributed by atoms with Crippen LogP contribution in [0, 0.1) is 5.41 Å². The summed E-state index contributed by atoms with van der Waals surface area (Å²) < 4.78 is 6.03. The Kier molecular flexibility index (Phi) is 5.23. The maximum absolute atomic E-state index is 6.03. The zero-order valence-corrected chi connectivity index (χ0v) is 11.2. The van der Waals surface area contributed by atoms with Crippen LogP contribution in [0.3, 0.4) is 0 Å². The van der Waals surface area contributed by atoms with Gasteiger partial charge in [0.15, 0.2) is 8.32 Å². The van der Waals surface area contributed by atoms with Crippen LogP contribution in [0.25, 0.3) is 0 Å². The smallest absolute Gasteiger partial charge is 0.186 e. The molecule has 80 valence electrons. The van der Waals surface area contributed by atoms with Crippen LogP contribution >= 0.6 is 0 Å². The van der Waals surface area contributed by atoms with Crippen LogP contribution in [-0.4, -0.2) is 14.9 Å². The maximum Gasteiger partial charge on any atom is 0.186 e.